The summed E-state index contributed by atoms with van der Waals surface area (Å²) in [5.74, 6) is -0.565. The Labute approximate surface area is 163 Å². The van der Waals surface area contributed by atoms with Crippen molar-refractivity contribution in [1.82, 2.24) is 9.88 Å². The fraction of sp³-hybridized carbons (Fsp3) is 0.318. The molecule has 0 amide bonds. The molecule has 1 fully saturated rings. The van der Waals surface area contributed by atoms with E-state index in [-0.39, 0.29) is 17.2 Å². The molecule has 1 aliphatic rings. The van der Waals surface area contributed by atoms with Crippen LogP contribution in [0.5, 0.6) is 0 Å². The third kappa shape index (κ3) is 3.40. The first-order chi connectivity index (χ1) is 13.4. The first-order valence-electron chi connectivity index (χ1n) is 9.52. The molecule has 3 N–H and O–H groups in total. The number of aryl methyl sites for hydroxylation is 1. The van der Waals surface area contributed by atoms with Crippen LogP contribution in [0.25, 0.3) is 21.9 Å². The van der Waals surface area contributed by atoms with E-state index in [1.54, 1.807) is 37.4 Å². The summed E-state index contributed by atoms with van der Waals surface area (Å²) in [5, 5.41) is 4.78. The summed E-state index contributed by atoms with van der Waals surface area (Å²) in [7, 11) is 2.08. The van der Waals surface area contributed by atoms with E-state index in [0.29, 0.717) is 22.5 Å². The number of pyridine rings is 1. The van der Waals surface area contributed by atoms with Crippen molar-refractivity contribution < 1.29 is 8.78 Å². The van der Waals surface area contributed by atoms with Crippen LogP contribution in [-0.4, -0.2) is 36.1 Å². The number of likely N-dealkylation sites (tertiary alicyclic amines) is 1. The summed E-state index contributed by atoms with van der Waals surface area (Å²) in [6.07, 6.45) is 3.45. The molecule has 2 heterocycles. The Balaban J connectivity index is 1.89. The van der Waals surface area contributed by atoms with Gasteiger partial charge in [0.25, 0.3) is 0 Å². The van der Waals surface area contributed by atoms with Crippen LogP contribution in [-0.2, 0) is 0 Å². The lowest BCUT2D eigenvalue weighted by Gasteiger charge is -2.31. The number of nitrogens with zero attached hydrogens (tertiary/aromatic N) is 2. The van der Waals surface area contributed by atoms with Crippen molar-refractivity contribution in [3.63, 3.8) is 0 Å². The lowest BCUT2D eigenvalue weighted by atomic mass is 9.95. The third-order valence-corrected chi connectivity index (χ3v) is 5.54. The van der Waals surface area contributed by atoms with E-state index >= 15 is 4.39 Å². The highest BCUT2D eigenvalue weighted by Crippen LogP contribution is 2.38. The molecule has 2 aromatic carbocycles. The molecule has 1 saturated heterocycles. The molecule has 28 heavy (non-hydrogen) atoms. The third-order valence-electron chi connectivity index (χ3n) is 5.54. The van der Waals surface area contributed by atoms with E-state index in [1.807, 2.05) is 0 Å². The first-order valence-corrected chi connectivity index (χ1v) is 9.52. The molecule has 0 saturated carbocycles. The monoisotopic (exact) mass is 382 g/mol. The van der Waals surface area contributed by atoms with Gasteiger partial charge in [-0.25, -0.2) is 13.8 Å². The second kappa shape index (κ2) is 7.36. The van der Waals surface area contributed by atoms with E-state index in [2.05, 4.69) is 22.2 Å². The van der Waals surface area contributed by atoms with Crippen molar-refractivity contribution in [2.45, 2.75) is 25.8 Å². The minimum absolute atomic E-state index is 0.153. The van der Waals surface area contributed by atoms with E-state index in [4.69, 9.17) is 5.73 Å². The predicted octanol–water partition coefficient (Wildman–Crippen LogP) is 4.58. The molecule has 4 nitrogen and oxygen atoms in total. The lowest BCUT2D eigenvalue weighted by molar-refractivity contribution is 0.263. The molecule has 0 spiro atoms. The molecule has 0 bridgehead atoms. The maximum atomic E-state index is 15.7. The highest BCUT2D eigenvalue weighted by atomic mass is 19.1. The first kappa shape index (κ1) is 18.6. The van der Waals surface area contributed by atoms with E-state index in [0.717, 1.165) is 31.3 Å². The quantitative estimate of drug-likeness (QED) is 0.696. The average Bonchev–Trinajstić information content (AvgIpc) is 2.66. The lowest BCUT2D eigenvalue weighted by Crippen LogP contribution is -2.37. The van der Waals surface area contributed by atoms with Gasteiger partial charge in [0.2, 0.25) is 0 Å². The smallest absolute Gasteiger partial charge is 0.154 e. The summed E-state index contributed by atoms with van der Waals surface area (Å²) in [5.41, 5.74) is 7.45. The van der Waals surface area contributed by atoms with Crippen LogP contribution in [0.3, 0.4) is 0 Å². The average molecular weight is 382 g/mol. The highest BCUT2D eigenvalue weighted by molar-refractivity contribution is 5.99. The van der Waals surface area contributed by atoms with Crippen molar-refractivity contribution in [3.05, 3.63) is 53.7 Å². The van der Waals surface area contributed by atoms with Gasteiger partial charge in [0, 0.05) is 34.1 Å². The molecule has 0 unspecified atom stereocenters. The molecule has 0 aliphatic carbocycles. The number of aromatic nitrogens is 1. The zero-order chi connectivity index (χ0) is 19.8. The Kier molecular flexibility index (Phi) is 4.89. The molecule has 0 atom stereocenters. The molecule has 1 aliphatic heterocycles. The predicted molar refractivity (Wildman–Crippen MR) is 110 cm³/mol. The molecule has 1 aromatic heterocycles. The Morgan fingerprint density at radius 3 is 2.64 bits per heavy atom. The number of hydrogen-bond donors (Lipinski definition) is 2. The minimum Gasteiger partial charge on any atom is -0.384 e. The molecular weight excluding hydrogens is 358 g/mol. The molecule has 4 rings (SSSR count). The zero-order valence-electron chi connectivity index (χ0n) is 16.1. The number of benzene rings is 2. The number of nitrogens with two attached hydrogens (primary N) is 1. The number of piperidine rings is 1. The van der Waals surface area contributed by atoms with Gasteiger partial charge in [0.1, 0.15) is 11.6 Å². The van der Waals surface area contributed by atoms with Crippen molar-refractivity contribution in [3.8, 4) is 11.1 Å². The summed E-state index contributed by atoms with van der Waals surface area (Å²) in [6, 6.07) is 8.26. The van der Waals surface area contributed by atoms with Gasteiger partial charge in [0.05, 0.1) is 5.69 Å². The van der Waals surface area contributed by atoms with Crippen LogP contribution >= 0.6 is 0 Å². The second-order valence-electron chi connectivity index (χ2n) is 7.60. The summed E-state index contributed by atoms with van der Waals surface area (Å²) < 4.78 is 30.3. The Morgan fingerprint density at radius 2 is 1.93 bits per heavy atom. The van der Waals surface area contributed by atoms with Gasteiger partial charge in [-0.2, -0.15) is 0 Å². The highest BCUT2D eigenvalue weighted by Gasteiger charge is 2.23. The van der Waals surface area contributed by atoms with Gasteiger partial charge < -0.3 is 16.0 Å². The normalized spacial score (nSPS) is 15.9. The van der Waals surface area contributed by atoms with Gasteiger partial charge >= 0.3 is 0 Å². The van der Waals surface area contributed by atoms with Gasteiger partial charge in [-0.15, -0.1) is 0 Å². The number of halogens is 2. The second-order valence-corrected chi connectivity index (χ2v) is 7.60. The van der Waals surface area contributed by atoms with Crippen LogP contribution in [0.1, 0.15) is 18.4 Å². The maximum Gasteiger partial charge on any atom is 0.154 e. The van der Waals surface area contributed by atoms with Crippen LogP contribution < -0.4 is 11.1 Å². The molecular formula is C22H24F2N4. The number of hydrogen-bond acceptors (Lipinski definition) is 4. The Bertz CT molecular complexity index is 1010. The summed E-state index contributed by atoms with van der Waals surface area (Å²) >= 11 is 0. The number of fused-ring (bicyclic) bond motifs is 1. The number of anilines is 2. The number of nitrogens with one attached hydrogen (secondary N) is 1. The molecule has 0 radical (unpaired) electrons. The standard InChI is InChI=1S/C22H24F2N4/c1-13-4-3-5-18(23)20(13)17-10-14-12-26-19(25)11-16(14)22(21(17)24)27-15-6-8-28(2)9-7-15/h3-5,10-12,15,27H,6-9H2,1-2H3,(H2,25,26). The van der Waals surface area contributed by atoms with Crippen molar-refractivity contribution in [2.24, 2.45) is 0 Å². The summed E-state index contributed by atoms with van der Waals surface area (Å²) in [6.45, 7) is 3.69. The Morgan fingerprint density at radius 1 is 1.18 bits per heavy atom. The maximum absolute atomic E-state index is 15.7. The fourth-order valence-corrected chi connectivity index (χ4v) is 3.94. The molecule has 6 heteroatoms. The van der Waals surface area contributed by atoms with Crippen molar-refractivity contribution >= 4 is 22.3 Å². The van der Waals surface area contributed by atoms with Gasteiger partial charge in [-0.3, -0.25) is 0 Å². The van der Waals surface area contributed by atoms with Crippen LogP contribution in [0.4, 0.5) is 20.3 Å². The van der Waals surface area contributed by atoms with Crippen molar-refractivity contribution in [1.29, 1.82) is 0 Å². The zero-order valence-corrected chi connectivity index (χ0v) is 16.1. The Hall–Kier alpha value is -2.73. The van der Waals surface area contributed by atoms with Crippen LogP contribution in [0.2, 0.25) is 0 Å². The van der Waals surface area contributed by atoms with Gasteiger partial charge in [-0.1, -0.05) is 12.1 Å². The topological polar surface area (TPSA) is 54.2 Å². The number of nitrogen functional groups attached to an aromatic ring is 1. The number of rotatable bonds is 3. The minimum atomic E-state index is -0.453. The SMILES string of the molecule is Cc1cccc(F)c1-c1cc2cnc(N)cc2c(NC2CCN(C)CC2)c1F. The van der Waals surface area contributed by atoms with Gasteiger partial charge in [0.15, 0.2) is 5.82 Å². The largest absolute Gasteiger partial charge is 0.384 e. The van der Waals surface area contributed by atoms with Crippen LogP contribution in [0, 0.1) is 18.6 Å². The van der Waals surface area contributed by atoms with E-state index in [9.17, 15) is 4.39 Å². The fourth-order valence-electron chi connectivity index (χ4n) is 3.94. The van der Waals surface area contributed by atoms with Crippen LogP contribution in [0.15, 0.2) is 36.5 Å². The van der Waals surface area contributed by atoms with E-state index in [1.165, 1.54) is 6.07 Å². The van der Waals surface area contributed by atoms with E-state index < -0.39 is 11.6 Å². The van der Waals surface area contributed by atoms with Crippen molar-refractivity contribution in [2.75, 3.05) is 31.2 Å². The molecule has 3 aromatic rings. The molecule has 146 valence electrons. The van der Waals surface area contributed by atoms with Gasteiger partial charge in [-0.05, 0) is 63.7 Å². The summed E-state index contributed by atoms with van der Waals surface area (Å²) in [4.78, 5) is 6.40.